The Morgan fingerprint density at radius 2 is 1.77 bits per heavy atom. The fourth-order valence-electron chi connectivity index (χ4n) is 3.95. The van der Waals surface area contributed by atoms with Crippen molar-refractivity contribution >= 4 is 64.7 Å². The molecule has 0 saturated carbocycles. The monoisotopic (exact) mass is 407 g/mol. The van der Waals surface area contributed by atoms with Gasteiger partial charge >= 0.3 is 0 Å². The fraction of sp³-hybridized carbons (Fsp3) is 0. The highest BCUT2D eigenvalue weighted by atomic mass is 32.1. The molecule has 0 atom stereocenters. The summed E-state index contributed by atoms with van der Waals surface area (Å²) in [6.45, 7) is 0. The van der Waals surface area contributed by atoms with Crippen molar-refractivity contribution in [3.8, 4) is 11.3 Å². The van der Waals surface area contributed by atoms with Gasteiger partial charge in [0.05, 0.1) is 28.3 Å². The van der Waals surface area contributed by atoms with Crippen LogP contribution < -0.4 is 0 Å². The third-order valence-corrected chi connectivity index (χ3v) is 6.42. The normalized spacial score (nSPS) is 12.0. The van der Waals surface area contributed by atoms with E-state index in [-0.39, 0.29) is 0 Å². The minimum atomic E-state index is 0.652. The third-order valence-electron chi connectivity index (χ3n) is 5.39. The van der Waals surface area contributed by atoms with Crippen molar-refractivity contribution in [1.82, 2.24) is 35.1 Å². The van der Waals surface area contributed by atoms with E-state index in [4.69, 9.17) is 9.97 Å². The lowest BCUT2D eigenvalue weighted by molar-refractivity contribution is 1.13. The summed E-state index contributed by atoms with van der Waals surface area (Å²) < 4.78 is 1.09. The zero-order valence-electron chi connectivity index (χ0n) is 15.5. The fourth-order valence-corrected chi connectivity index (χ4v) is 4.89. The van der Waals surface area contributed by atoms with Crippen LogP contribution in [-0.4, -0.2) is 35.1 Å². The van der Waals surface area contributed by atoms with Crippen LogP contribution in [0.2, 0.25) is 0 Å². The van der Waals surface area contributed by atoms with E-state index in [1.54, 1.807) is 17.5 Å². The molecule has 1 aromatic carbocycles. The number of hydrogen-bond donors (Lipinski definition) is 3. The molecule has 5 aromatic rings. The van der Waals surface area contributed by atoms with Crippen LogP contribution in [0.4, 0.5) is 0 Å². The number of fused-ring (bicyclic) bond motifs is 9. The Morgan fingerprint density at radius 3 is 2.77 bits per heavy atom. The molecule has 0 saturated heterocycles. The Hall–Kier alpha value is -4.04. The summed E-state index contributed by atoms with van der Waals surface area (Å²) in [6.07, 6.45) is 7.34. The molecule has 3 N–H and O–H groups in total. The Kier molecular flexibility index (Phi) is 3.03. The predicted molar refractivity (Wildman–Crippen MR) is 120 cm³/mol. The summed E-state index contributed by atoms with van der Waals surface area (Å²) in [5.41, 5.74) is 6.12. The van der Waals surface area contributed by atoms with E-state index in [0.29, 0.717) is 5.65 Å². The van der Waals surface area contributed by atoms with Crippen LogP contribution in [0.15, 0.2) is 61.2 Å². The van der Waals surface area contributed by atoms with Crippen molar-refractivity contribution in [3.63, 3.8) is 0 Å². The molecule has 8 heteroatoms. The van der Waals surface area contributed by atoms with Crippen LogP contribution in [0.5, 0.6) is 0 Å². The lowest BCUT2D eigenvalue weighted by atomic mass is 10.1. The van der Waals surface area contributed by atoms with Gasteiger partial charge in [-0.1, -0.05) is 6.07 Å². The maximum absolute atomic E-state index is 4.89. The number of aromatic amines is 3. The number of aromatic nitrogens is 7. The highest BCUT2D eigenvalue weighted by Gasteiger charge is 2.14. The van der Waals surface area contributed by atoms with Gasteiger partial charge in [0.25, 0.3) is 0 Å². The molecule has 8 bridgehead atoms. The standard InChI is InChI=1S/C22H13N7S/c1-2-16-14-6-11(1)12-5-13(8-23-7-12)25-19-4-3-18(30-19)15-9-24-10-17-20(15)27-22(26-17)21(14)29-28-16/h1-10,25,28-29H. The number of benzene rings is 1. The Balaban J connectivity index is 1.75. The molecule has 0 radical (unpaired) electrons. The summed E-state index contributed by atoms with van der Waals surface area (Å²) in [4.78, 5) is 23.0. The van der Waals surface area contributed by atoms with Gasteiger partial charge in [0.1, 0.15) is 16.7 Å². The van der Waals surface area contributed by atoms with Gasteiger partial charge in [0.2, 0.25) is 0 Å². The van der Waals surface area contributed by atoms with Crippen LogP contribution in [0.1, 0.15) is 0 Å². The highest BCUT2D eigenvalue weighted by Crippen LogP contribution is 2.32. The Bertz CT molecular complexity index is 1770. The van der Waals surface area contributed by atoms with Crippen LogP contribution >= 0.6 is 11.3 Å². The number of nitrogens with zero attached hydrogens (tertiary/aromatic N) is 4. The van der Waals surface area contributed by atoms with Crippen molar-refractivity contribution in [2.75, 3.05) is 0 Å². The third kappa shape index (κ3) is 2.25. The Morgan fingerprint density at radius 1 is 0.800 bits per heavy atom. The van der Waals surface area contributed by atoms with E-state index in [1.165, 1.54) is 0 Å². The number of imidazole rings is 1. The van der Waals surface area contributed by atoms with Crippen LogP contribution in [0, 0.1) is 0 Å². The molecule has 0 fully saturated rings. The first-order valence-electron chi connectivity index (χ1n) is 9.47. The lowest BCUT2D eigenvalue weighted by Crippen LogP contribution is -1.80. The van der Waals surface area contributed by atoms with Gasteiger partial charge in [0.15, 0.2) is 5.65 Å². The molecule has 142 valence electrons. The first kappa shape index (κ1) is 15.8. The molecule has 30 heavy (non-hydrogen) atoms. The second-order valence-electron chi connectivity index (χ2n) is 7.24. The summed E-state index contributed by atoms with van der Waals surface area (Å²) in [7, 11) is 0. The molecule has 7 nitrogen and oxygen atoms in total. The van der Waals surface area contributed by atoms with Gasteiger partial charge in [-0.25, -0.2) is 9.97 Å². The molecule has 2 aliphatic heterocycles. The summed E-state index contributed by atoms with van der Waals surface area (Å²) in [5.74, 6) is 0. The summed E-state index contributed by atoms with van der Waals surface area (Å²) >= 11 is 1.66. The largest absolute Gasteiger partial charge is 0.346 e. The minimum absolute atomic E-state index is 0.652. The summed E-state index contributed by atoms with van der Waals surface area (Å²) in [5, 5.41) is 9.57. The zero-order valence-corrected chi connectivity index (χ0v) is 16.3. The lowest BCUT2D eigenvalue weighted by Gasteiger charge is -1.99. The summed E-state index contributed by atoms with van der Waals surface area (Å²) in [6, 6.07) is 12.6. The Labute approximate surface area is 172 Å². The molecule has 4 aromatic heterocycles. The van der Waals surface area contributed by atoms with E-state index in [0.717, 1.165) is 59.0 Å². The highest BCUT2D eigenvalue weighted by molar-refractivity contribution is 7.23. The van der Waals surface area contributed by atoms with E-state index < -0.39 is 0 Å². The number of pyridine rings is 2. The SMILES string of the molecule is c1ncc2cc1[nH]c1ccc(s1)c1cncc3nc(nc31)c1[nH][nH]c3ccc2cc3-1. The average molecular weight is 407 g/mol. The molecule has 0 aliphatic carbocycles. The van der Waals surface area contributed by atoms with Crippen molar-refractivity contribution in [1.29, 1.82) is 0 Å². The van der Waals surface area contributed by atoms with Gasteiger partial charge in [-0.05, 0) is 35.7 Å². The number of nitrogens with one attached hydrogen (secondary N) is 3. The smallest absolute Gasteiger partial charge is 0.179 e. The molecular formula is C22H13N7S. The predicted octanol–water partition coefficient (Wildman–Crippen LogP) is 5.31. The maximum Gasteiger partial charge on any atom is 0.179 e. The van der Waals surface area contributed by atoms with Crippen LogP contribution in [0.25, 0.3) is 64.7 Å². The molecule has 0 spiro atoms. The van der Waals surface area contributed by atoms with E-state index >= 15 is 0 Å². The number of H-pyrrole nitrogens is 3. The van der Waals surface area contributed by atoms with Crippen molar-refractivity contribution in [2.24, 2.45) is 0 Å². The van der Waals surface area contributed by atoms with Crippen molar-refractivity contribution in [2.45, 2.75) is 0 Å². The molecule has 2 aliphatic rings. The molecule has 6 heterocycles. The maximum atomic E-state index is 4.89. The van der Waals surface area contributed by atoms with Gasteiger partial charge in [-0.15, -0.1) is 11.3 Å². The topological polar surface area (TPSA) is 98.9 Å². The first-order valence-corrected chi connectivity index (χ1v) is 10.3. The van der Waals surface area contributed by atoms with Gasteiger partial charge in [-0.3, -0.25) is 15.1 Å². The van der Waals surface area contributed by atoms with Crippen molar-refractivity contribution < 1.29 is 0 Å². The van der Waals surface area contributed by atoms with Crippen LogP contribution in [-0.2, 0) is 0 Å². The van der Waals surface area contributed by atoms with Gasteiger partial charge in [-0.2, -0.15) is 0 Å². The van der Waals surface area contributed by atoms with E-state index in [2.05, 4.69) is 61.5 Å². The molecular weight excluding hydrogens is 394 g/mol. The number of rotatable bonds is 0. The minimum Gasteiger partial charge on any atom is -0.346 e. The van der Waals surface area contributed by atoms with E-state index in [1.807, 2.05) is 18.6 Å². The van der Waals surface area contributed by atoms with Gasteiger partial charge < -0.3 is 10.1 Å². The molecule has 0 unspecified atom stereocenters. The van der Waals surface area contributed by atoms with Crippen LogP contribution in [0.3, 0.4) is 0 Å². The first-order chi connectivity index (χ1) is 14.8. The zero-order chi connectivity index (χ0) is 19.7. The second kappa shape index (κ2) is 5.74. The second-order valence-corrected chi connectivity index (χ2v) is 8.32. The quantitative estimate of drug-likeness (QED) is 0.317. The average Bonchev–Trinajstić information content (AvgIpc) is 3.50. The van der Waals surface area contributed by atoms with E-state index in [9.17, 15) is 0 Å². The number of hydrogen-bond acceptors (Lipinski definition) is 5. The van der Waals surface area contributed by atoms with Gasteiger partial charge in [0, 0.05) is 33.4 Å². The molecule has 0 amide bonds. The van der Waals surface area contributed by atoms with Crippen molar-refractivity contribution in [3.05, 3.63) is 61.2 Å². The number of thiophene rings is 1. The molecule has 7 rings (SSSR count).